The van der Waals surface area contributed by atoms with E-state index in [-0.39, 0.29) is 11.7 Å². The Morgan fingerprint density at radius 3 is 2.04 bits per heavy atom. The zero-order chi connectivity index (χ0) is 17.5. The van der Waals surface area contributed by atoms with Crippen molar-refractivity contribution in [2.45, 2.75) is 25.9 Å². The molecule has 0 aliphatic heterocycles. The fourth-order valence-electron chi connectivity index (χ4n) is 2.92. The van der Waals surface area contributed by atoms with E-state index in [1.807, 2.05) is 91.9 Å². The van der Waals surface area contributed by atoms with E-state index in [4.69, 9.17) is 4.74 Å². The van der Waals surface area contributed by atoms with Gasteiger partial charge in [-0.15, -0.1) is 0 Å². The molecule has 0 aliphatic rings. The fraction of sp³-hybridized carbons (Fsp3) is 0.174. The molecule has 0 fully saturated rings. The van der Waals surface area contributed by atoms with Crippen LogP contribution < -0.4 is 4.74 Å². The van der Waals surface area contributed by atoms with Gasteiger partial charge >= 0.3 is 0 Å². The molecule has 126 valence electrons. The number of ketones is 1. The summed E-state index contributed by atoms with van der Waals surface area (Å²) < 4.78 is 5.79. The van der Waals surface area contributed by atoms with Crippen molar-refractivity contribution >= 4 is 5.78 Å². The van der Waals surface area contributed by atoms with Crippen LogP contribution in [0.25, 0.3) is 0 Å². The Bertz CT molecular complexity index is 793. The Kier molecular flexibility index (Phi) is 5.63. The molecule has 0 aliphatic carbocycles. The molecule has 3 rings (SSSR count). The largest absolute Gasteiger partial charge is 0.489 e. The van der Waals surface area contributed by atoms with Crippen LogP contribution in [0.2, 0.25) is 0 Å². The summed E-state index contributed by atoms with van der Waals surface area (Å²) in [4.78, 5) is 12.8. The van der Waals surface area contributed by atoms with Crippen LogP contribution in [-0.4, -0.2) is 5.78 Å². The van der Waals surface area contributed by atoms with E-state index in [2.05, 4.69) is 0 Å². The molecule has 0 radical (unpaired) electrons. The molecule has 0 bridgehead atoms. The highest BCUT2D eigenvalue weighted by Gasteiger charge is 2.19. The van der Waals surface area contributed by atoms with Gasteiger partial charge in [0.1, 0.15) is 12.4 Å². The molecule has 0 aromatic heterocycles. The third-order valence-electron chi connectivity index (χ3n) is 4.31. The number of hydrogen-bond donors (Lipinski definition) is 0. The normalized spacial score (nSPS) is 11.7. The van der Waals surface area contributed by atoms with E-state index in [1.54, 1.807) is 0 Å². The molecule has 0 amide bonds. The second kappa shape index (κ2) is 8.29. The zero-order valence-corrected chi connectivity index (χ0v) is 14.4. The first kappa shape index (κ1) is 17.0. The lowest BCUT2D eigenvalue weighted by atomic mass is 9.89. The van der Waals surface area contributed by atoms with E-state index in [0.717, 1.165) is 28.9 Å². The maximum Gasteiger partial charge on any atom is 0.170 e. The minimum atomic E-state index is -0.0997. The summed E-state index contributed by atoms with van der Waals surface area (Å²) in [6, 6.07) is 27.5. The van der Waals surface area contributed by atoms with Crippen molar-refractivity contribution in [3.63, 3.8) is 0 Å². The summed E-state index contributed by atoms with van der Waals surface area (Å²) in [7, 11) is 0. The summed E-state index contributed by atoms with van der Waals surface area (Å²) >= 11 is 0. The van der Waals surface area contributed by atoms with Gasteiger partial charge in [-0.2, -0.15) is 0 Å². The van der Waals surface area contributed by atoms with Crippen molar-refractivity contribution < 1.29 is 9.53 Å². The molecule has 1 atom stereocenters. The lowest BCUT2D eigenvalue weighted by Crippen LogP contribution is -2.12. The molecule has 3 aromatic rings. The molecule has 25 heavy (non-hydrogen) atoms. The molecule has 0 spiro atoms. The van der Waals surface area contributed by atoms with Crippen molar-refractivity contribution in [3.05, 3.63) is 102 Å². The van der Waals surface area contributed by atoms with Crippen molar-refractivity contribution in [2.75, 3.05) is 0 Å². The monoisotopic (exact) mass is 330 g/mol. The second-order valence-electron chi connectivity index (χ2n) is 6.03. The van der Waals surface area contributed by atoms with Crippen molar-refractivity contribution in [1.82, 2.24) is 0 Å². The van der Waals surface area contributed by atoms with E-state index >= 15 is 0 Å². The van der Waals surface area contributed by atoms with Gasteiger partial charge in [-0.1, -0.05) is 67.6 Å². The van der Waals surface area contributed by atoms with Gasteiger partial charge in [-0.3, -0.25) is 4.79 Å². The van der Waals surface area contributed by atoms with Crippen LogP contribution >= 0.6 is 0 Å². The van der Waals surface area contributed by atoms with Gasteiger partial charge in [0, 0.05) is 11.5 Å². The average molecular weight is 330 g/mol. The number of benzene rings is 3. The van der Waals surface area contributed by atoms with Crippen molar-refractivity contribution in [3.8, 4) is 5.75 Å². The fourth-order valence-corrected chi connectivity index (χ4v) is 2.92. The van der Waals surface area contributed by atoms with Gasteiger partial charge in [0.2, 0.25) is 0 Å². The average Bonchev–Trinajstić information content (AvgIpc) is 2.69. The summed E-state index contributed by atoms with van der Waals surface area (Å²) in [5.41, 5.74) is 2.92. The Morgan fingerprint density at radius 1 is 0.840 bits per heavy atom. The topological polar surface area (TPSA) is 26.3 Å². The lowest BCUT2D eigenvalue weighted by molar-refractivity contribution is 0.0957. The van der Waals surface area contributed by atoms with E-state index < -0.39 is 0 Å². The van der Waals surface area contributed by atoms with Gasteiger partial charge in [0.25, 0.3) is 0 Å². The molecule has 0 saturated carbocycles. The van der Waals surface area contributed by atoms with Crippen LogP contribution in [0.4, 0.5) is 0 Å². The number of Topliss-reactive ketones (excluding diaryl/α,β-unsaturated/α-hetero) is 1. The highest BCUT2D eigenvalue weighted by molar-refractivity contribution is 6.01. The predicted molar refractivity (Wildman–Crippen MR) is 101 cm³/mol. The smallest absolute Gasteiger partial charge is 0.170 e. The van der Waals surface area contributed by atoms with Gasteiger partial charge < -0.3 is 4.74 Å². The van der Waals surface area contributed by atoms with E-state index in [9.17, 15) is 4.79 Å². The minimum absolute atomic E-state index is 0.0997. The summed E-state index contributed by atoms with van der Waals surface area (Å²) in [6.07, 6.45) is 0.787. The number of rotatable bonds is 7. The van der Waals surface area contributed by atoms with Gasteiger partial charge in [-0.25, -0.2) is 0 Å². The Morgan fingerprint density at radius 2 is 1.44 bits per heavy atom. The summed E-state index contributed by atoms with van der Waals surface area (Å²) in [6.45, 7) is 2.57. The van der Waals surface area contributed by atoms with Crippen LogP contribution in [0.3, 0.4) is 0 Å². The third-order valence-corrected chi connectivity index (χ3v) is 4.31. The van der Waals surface area contributed by atoms with Crippen LogP contribution in [0.5, 0.6) is 5.75 Å². The van der Waals surface area contributed by atoms with Crippen LogP contribution in [0, 0.1) is 0 Å². The molecule has 3 aromatic carbocycles. The van der Waals surface area contributed by atoms with Crippen molar-refractivity contribution in [2.24, 2.45) is 0 Å². The molecule has 2 nitrogen and oxygen atoms in total. The van der Waals surface area contributed by atoms with Crippen molar-refractivity contribution in [1.29, 1.82) is 0 Å². The summed E-state index contributed by atoms with van der Waals surface area (Å²) in [5.74, 6) is 0.828. The number of carbonyl (C=O) groups excluding carboxylic acids is 1. The van der Waals surface area contributed by atoms with Gasteiger partial charge in [0.05, 0.1) is 0 Å². The van der Waals surface area contributed by atoms with Crippen LogP contribution in [-0.2, 0) is 6.61 Å². The van der Waals surface area contributed by atoms with Crippen LogP contribution in [0.15, 0.2) is 84.9 Å². The Labute approximate surface area is 149 Å². The molecular weight excluding hydrogens is 308 g/mol. The molecule has 1 unspecified atom stereocenters. The maximum atomic E-state index is 12.8. The standard InChI is InChI=1S/C23H22O2/c1-2-22(19-11-7-4-8-12-19)23(24)20-13-15-21(16-14-20)25-17-18-9-5-3-6-10-18/h3-16,22H,2,17H2,1H3. The first-order valence-electron chi connectivity index (χ1n) is 8.64. The minimum Gasteiger partial charge on any atom is -0.489 e. The molecule has 0 saturated heterocycles. The molecule has 0 N–H and O–H groups in total. The SMILES string of the molecule is CCC(C(=O)c1ccc(OCc2ccccc2)cc1)c1ccccc1. The molecule has 2 heteroatoms. The predicted octanol–water partition coefficient (Wildman–Crippen LogP) is 5.64. The Hall–Kier alpha value is -2.87. The third kappa shape index (κ3) is 4.36. The molecule has 0 heterocycles. The molecular formula is C23H22O2. The number of carbonyl (C=O) groups is 1. The first-order chi connectivity index (χ1) is 12.3. The van der Waals surface area contributed by atoms with E-state index in [1.165, 1.54) is 0 Å². The van der Waals surface area contributed by atoms with Gasteiger partial charge in [0.15, 0.2) is 5.78 Å². The second-order valence-corrected chi connectivity index (χ2v) is 6.03. The highest BCUT2D eigenvalue weighted by atomic mass is 16.5. The summed E-state index contributed by atoms with van der Waals surface area (Å²) in [5, 5.41) is 0. The number of hydrogen-bond acceptors (Lipinski definition) is 2. The maximum absolute atomic E-state index is 12.8. The number of ether oxygens (including phenoxy) is 1. The first-order valence-corrected chi connectivity index (χ1v) is 8.64. The van der Waals surface area contributed by atoms with Crippen LogP contribution in [0.1, 0.15) is 40.7 Å². The highest BCUT2D eigenvalue weighted by Crippen LogP contribution is 2.25. The zero-order valence-electron chi connectivity index (χ0n) is 14.4. The Balaban J connectivity index is 1.68. The van der Waals surface area contributed by atoms with E-state index in [0.29, 0.717) is 6.61 Å². The quantitative estimate of drug-likeness (QED) is 0.524. The van der Waals surface area contributed by atoms with Gasteiger partial charge in [-0.05, 0) is 41.8 Å². The lowest BCUT2D eigenvalue weighted by Gasteiger charge is -2.14.